The van der Waals surface area contributed by atoms with Gasteiger partial charge in [0.25, 0.3) is 5.91 Å². The van der Waals surface area contributed by atoms with Crippen LogP contribution in [0.5, 0.6) is 0 Å². The Labute approximate surface area is 126 Å². The standard InChI is InChI=1S/C14H18BrClFNO/c1-3-9(4-2)12(15)8-18-14(19)11-7-10(16)5-6-13(11)17/h5-7,9,12H,3-4,8H2,1-2H3,(H,18,19). The third-order valence-corrected chi connectivity index (χ3v) is 4.50. The smallest absolute Gasteiger partial charge is 0.254 e. The third-order valence-electron chi connectivity index (χ3n) is 3.19. The van der Waals surface area contributed by atoms with E-state index >= 15 is 0 Å². The molecule has 106 valence electrons. The van der Waals surface area contributed by atoms with Crippen LogP contribution in [0, 0.1) is 11.7 Å². The second-order valence-electron chi connectivity index (χ2n) is 4.43. The lowest BCUT2D eigenvalue weighted by Gasteiger charge is -2.20. The molecule has 0 saturated carbocycles. The van der Waals surface area contributed by atoms with Crippen LogP contribution >= 0.6 is 27.5 Å². The van der Waals surface area contributed by atoms with Gasteiger partial charge in [-0.3, -0.25) is 4.79 Å². The Balaban J connectivity index is 2.63. The number of hydrogen-bond acceptors (Lipinski definition) is 1. The number of amides is 1. The van der Waals surface area contributed by atoms with E-state index in [0.717, 1.165) is 12.8 Å². The van der Waals surface area contributed by atoms with Gasteiger partial charge >= 0.3 is 0 Å². The van der Waals surface area contributed by atoms with Crippen molar-refractivity contribution in [1.29, 1.82) is 0 Å². The van der Waals surface area contributed by atoms with Crippen LogP contribution in [0.15, 0.2) is 18.2 Å². The van der Waals surface area contributed by atoms with E-state index < -0.39 is 11.7 Å². The van der Waals surface area contributed by atoms with Gasteiger partial charge < -0.3 is 5.32 Å². The second kappa shape index (κ2) is 7.85. The van der Waals surface area contributed by atoms with Crippen molar-refractivity contribution < 1.29 is 9.18 Å². The average molecular weight is 351 g/mol. The molecule has 0 aliphatic carbocycles. The number of hydrogen-bond donors (Lipinski definition) is 1. The van der Waals surface area contributed by atoms with E-state index in [1.165, 1.54) is 18.2 Å². The zero-order valence-electron chi connectivity index (χ0n) is 11.1. The summed E-state index contributed by atoms with van der Waals surface area (Å²) in [6.45, 7) is 4.69. The number of alkyl halides is 1. The van der Waals surface area contributed by atoms with Crippen molar-refractivity contribution in [1.82, 2.24) is 5.32 Å². The van der Waals surface area contributed by atoms with Gasteiger partial charge in [-0.05, 0) is 24.1 Å². The number of carbonyl (C=O) groups excluding carboxylic acids is 1. The lowest BCUT2D eigenvalue weighted by molar-refractivity contribution is 0.0948. The lowest BCUT2D eigenvalue weighted by Crippen LogP contribution is -2.33. The highest BCUT2D eigenvalue weighted by molar-refractivity contribution is 9.09. The summed E-state index contributed by atoms with van der Waals surface area (Å²) in [7, 11) is 0. The molecule has 19 heavy (non-hydrogen) atoms. The molecule has 1 atom stereocenters. The first kappa shape index (κ1) is 16.4. The summed E-state index contributed by atoms with van der Waals surface area (Å²) in [4.78, 5) is 12.1. The van der Waals surface area contributed by atoms with Crippen LogP contribution in [0.2, 0.25) is 5.02 Å². The van der Waals surface area contributed by atoms with E-state index in [1.807, 2.05) is 0 Å². The summed E-state index contributed by atoms with van der Waals surface area (Å²) in [6, 6.07) is 3.96. The van der Waals surface area contributed by atoms with Gasteiger partial charge in [0.1, 0.15) is 5.82 Å². The molecule has 1 unspecified atom stereocenters. The van der Waals surface area contributed by atoms with Crippen molar-refractivity contribution >= 4 is 33.4 Å². The highest BCUT2D eigenvalue weighted by Gasteiger charge is 2.18. The molecule has 1 aromatic rings. The fourth-order valence-corrected chi connectivity index (χ4v) is 3.01. The van der Waals surface area contributed by atoms with Gasteiger partial charge in [-0.2, -0.15) is 0 Å². The molecule has 0 heterocycles. The number of carbonyl (C=O) groups is 1. The van der Waals surface area contributed by atoms with Gasteiger partial charge in [-0.1, -0.05) is 54.2 Å². The summed E-state index contributed by atoms with van der Waals surface area (Å²) in [6.07, 6.45) is 2.07. The van der Waals surface area contributed by atoms with Crippen molar-refractivity contribution in [3.8, 4) is 0 Å². The Morgan fingerprint density at radius 1 is 1.42 bits per heavy atom. The Bertz CT molecular complexity index is 437. The van der Waals surface area contributed by atoms with E-state index in [-0.39, 0.29) is 10.4 Å². The van der Waals surface area contributed by atoms with Crippen molar-refractivity contribution in [2.45, 2.75) is 31.5 Å². The molecule has 1 aromatic carbocycles. The molecule has 1 rings (SSSR count). The Morgan fingerprint density at radius 2 is 2.05 bits per heavy atom. The Morgan fingerprint density at radius 3 is 2.63 bits per heavy atom. The number of rotatable bonds is 6. The summed E-state index contributed by atoms with van der Waals surface area (Å²) >= 11 is 9.33. The van der Waals surface area contributed by atoms with Gasteiger partial charge in [0.15, 0.2) is 0 Å². The molecule has 0 aliphatic rings. The molecule has 0 spiro atoms. The first-order valence-corrected chi connectivity index (χ1v) is 7.66. The van der Waals surface area contributed by atoms with E-state index in [2.05, 4.69) is 35.1 Å². The minimum absolute atomic E-state index is 0.0169. The summed E-state index contributed by atoms with van der Waals surface area (Å²) in [5.41, 5.74) is -0.0169. The van der Waals surface area contributed by atoms with Crippen LogP contribution in [0.3, 0.4) is 0 Å². The molecule has 0 aromatic heterocycles. The molecule has 0 aliphatic heterocycles. The van der Waals surface area contributed by atoms with Crippen LogP contribution < -0.4 is 5.32 Å². The minimum Gasteiger partial charge on any atom is -0.351 e. The zero-order chi connectivity index (χ0) is 14.4. The predicted octanol–water partition coefficient (Wildman–Crippen LogP) is 4.41. The Kier molecular flexibility index (Phi) is 6.80. The van der Waals surface area contributed by atoms with E-state index in [1.54, 1.807) is 0 Å². The highest BCUT2D eigenvalue weighted by atomic mass is 79.9. The quantitative estimate of drug-likeness (QED) is 0.757. The number of nitrogens with one attached hydrogen (secondary N) is 1. The van der Waals surface area contributed by atoms with Crippen LogP contribution in [0.4, 0.5) is 4.39 Å². The molecule has 0 radical (unpaired) electrons. The fourth-order valence-electron chi connectivity index (χ4n) is 1.92. The number of halogens is 3. The normalized spacial score (nSPS) is 12.5. The zero-order valence-corrected chi connectivity index (χ0v) is 13.4. The average Bonchev–Trinajstić information content (AvgIpc) is 2.40. The fraction of sp³-hybridized carbons (Fsp3) is 0.500. The van der Waals surface area contributed by atoms with Crippen molar-refractivity contribution in [3.05, 3.63) is 34.6 Å². The van der Waals surface area contributed by atoms with Gasteiger partial charge in [0.2, 0.25) is 0 Å². The van der Waals surface area contributed by atoms with Gasteiger partial charge in [-0.15, -0.1) is 0 Å². The topological polar surface area (TPSA) is 29.1 Å². The molecule has 1 N–H and O–H groups in total. The summed E-state index contributed by atoms with van der Waals surface area (Å²) in [5.74, 6) is -0.504. The largest absolute Gasteiger partial charge is 0.351 e. The van der Waals surface area contributed by atoms with Gasteiger partial charge in [0.05, 0.1) is 5.56 Å². The maximum Gasteiger partial charge on any atom is 0.254 e. The Hall–Kier alpha value is -0.610. The van der Waals surface area contributed by atoms with Crippen LogP contribution in [-0.4, -0.2) is 17.3 Å². The molecule has 2 nitrogen and oxygen atoms in total. The van der Waals surface area contributed by atoms with Crippen molar-refractivity contribution in [3.63, 3.8) is 0 Å². The maximum absolute atomic E-state index is 13.5. The number of benzene rings is 1. The highest BCUT2D eigenvalue weighted by Crippen LogP contribution is 2.20. The SMILES string of the molecule is CCC(CC)C(Br)CNC(=O)c1cc(Cl)ccc1F. The van der Waals surface area contributed by atoms with Crippen LogP contribution in [-0.2, 0) is 0 Å². The third kappa shape index (κ3) is 4.77. The molecule has 0 fully saturated rings. The molecule has 0 bridgehead atoms. The van der Waals surface area contributed by atoms with Crippen molar-refractivity contribution in [2.75, 3.05) is 6.54 Å². The minimum atomic E-state index is -0.560. The van der Waals surface area contributed by atoms with E-state index in [9.17, 15) is 9.18 Å². The second-order valence-corrected chi connectivity index (χ2v) is 6.04. The molecule has 0 saturated heterocycles. The van der Waals surface area contributed by atoms with Crippen molar-refractivity contribution in [2.24, 2.45) is 5.92 Å². The maximum atomic E-state index is 13.5. The van der Waals surface area contributed by atoms with Crippen LogP contribution in [0.1, 0.15) is 37.0 Å². The van der Waals surface area contributed by atoms with Crippen LogP contribution in [0.25, 0.3) is 0 Å². The van der Waals surface area contributed by atoms with Gasteiger partial charge in [0, 0.05) is 16.4 Å². The molecule has 1 amide bonds. The first-order valence-electron chi connectivity index (χ1n) is 6.36. The van der Waals surface area contributed by atoms with Gasteiger partial charge in [-0.25, -0.2) is 4.39 Å². The molecular weight excluding hydrogens is 333 g/mol. The first-order chi connectivity index (χ1) is 8.99. The molecular formula is C14H18BrClFNO. The predicted molar refractivity (Wildman–Crippen MR) is 80.5 cm³/mol. The monoisotopic (exact) mass is 349 g/mol. The van der Waals surface area contributed by atoms with E-state index in [4.69, 9.17) is 11.6 Å². The van der Waals surface area contributed by atoms with E-state index in [0.29, 0.717) is 17.5 Å². The molecule has 5 heteroatoms. The lowest BCUT2D eigenvalue weighted by atomic mass is 9.99. The summed E-state index contributed by atoms with van der Waals surface area (Å²) in [5, 5.41) is 3.08. The summed E-state index contributed by atoms with van der Waals surface area (Å²) < 4.78 is 13.5.